The van der Waals surface area contributed by atoms with Gasteiger partial charge < -0.3 is 4.74 Å². The van der Waals surface area contributed by atoms with Gasteiger partial charge in [0.1, 0.15) is 0 Å². The van der Waals surface area contributed by atoms with Gasteiger partial charge in [-0.25, -0.2) is 0 Å². The number of aldehydes is 1. The highest BCUT2D eigenvalue weighted by Crippen LogP contribution is 2.35. The summed E-state index contributed by atoms with van der Waals surface area (Å²) in [5.41, 5.74) is 0.000968. The number of halogens is 1. The Morgan fingerprint density at radius 1 is 1.48 bits per heavy atom. The predicted octanol–water partition coefficient (Wildman–Crippen LogP) is 3.67. The fourth-order valence-corrected chi connectivity index (χ4v) is 2.85. The van der Waals surface area contributed by atoms with Crippen LogP contribution in [0.2, 0.25) is 0 Å². The third kappa shape index (κ3) is 2.41. The molecule has 0 amide bonds. The summed E-state index contributed by atoms with van der Waals surface area (Å²) in [4.78, 5) is 26.4. The van der Waals surface area contributed by atoms with Gasteiger partial charge in [-0.05, 0) is 12.1 Å². The van der Waals surface area contributed by atoms with Gasteiger partial charge in [0.05, 0.1) is 4.92 Å². The molecule has 0 unspecified atom stereocenters. The van der Waals surface area contributed by atoms with Crippen LogP contribution in [0.25, 0.3) is 4.96 Å². The van der Waals surface area contributed by atoms with Gasteiger partial charge >= 0.3 is 5.69 Å². The van der Waals surface area contributed by atoms with Crippen molar-refractivity contribution in [3.05, 3.63) is 50.1 Å². The van der Waals surface area contributed by atoms with Crippen LogP contribution in [0.5, 0.6) is 11.6 Å². The van der Waals surface area contributed by atoms with Crippen molar-refractivity contribution in [2.75, 3.05) is 0 Å². The zero-order chi connectivity index (χ0) is 15.0. The third-order valence-corrected chi connectivity index (χ3v) is 3.95. The number of nitrogens with zero attached hydrogens (tertiary/aromatic N) is 3. The molecular formula is C12H6BrN3O4S. The predicted molar refractivity (Wildman–Crippen MR) is 79.3 cm³/mol. The summed E-state index contributed by atoms with van der Waals surface area (Å²) in [6, 6.07) is 4.39. The molecular weight excluding hydrogens is 362 g/mol. The van der Waals surface area contributed by atoms with Crippen molar-refractivity contribution in [2.45, 2.75) is 0 Å². The quantitative estimate of drug-likeness (QED) is 0.398. The Bertz CT molecular complexity index is 857. The van der Waals surface area contributed by atoms with Crippen molar-refractivity contribution in [3.63, 3.8) is 0 Å². The Labute approximate surface area is 130 Å². The van der Waals surface area contributed by atoms with E-state index >= 15 is 0 Å². The highest BCUT2D eigenvalue weighted by molar-refractivity contribution is 9.10. The summed E-state index contributed by atoms with van der Waals surface area (Å²) in [7, 11) is 0. The summed E-state index contributed by atoms with van der Waals surface area (Å²) in [5, 5.41) is 12.8. The molecule has 0 saturated carbocycles. The summed E-state index contributed by atoms with van der Waals surface area (Å²) < 4.78 is 7.60. The topological polar surface area (TPSA) is 86.7 Å². The van der Waals surface area contributed by atoms with Crippen molar-refractivity contribution in [2.24, 2.45) is 0 Å². The van der Waals surface area contributed by atoms with Crippen molar-refractivity contribution in [1.82, 2.24) is 9.38 Å². The molecule has 0 radical (unpaired) electrons. The van der Waals surface area contributed by atoms with E-state index in [4.69, 9.17) is 4.74 Å². The number of thiazole rings is 1. The Morgan fingerprint density at radius 3 is 3.00 bits per heavy atom. The van der Waals surface area contributed by atoms with Gasteiger partial charge in [0.25, 0.3) is 0 Å². The fraction of sp³-hybridized carbons (Fsp3) is 0. The van der Waals surface area contributed by atoms with Gasteiger partial charge in [-0.3, -0.25) is 19.3 Å². The van der Waals surface area contributed by atoms with Crippen LogP contribution in [0.3, 0.4) is 0 Å². The first-order chi connectivity index (χ1) is 10.1. The molecule has 7 nitrogen and oxygen atoms in total. The number of fused-ring (bicyclic) bond motifs is 1. The summed E-state index contributed by atoms with van der Waals surface area (Å²) in [6.07, 6.45) is 2.28. The number of aromatic nitrogens is 2. The van der Waals surface area contributed by atoms with Crippen LogP contribution in [0.4, 0.5) is 5.69 Å². The molecule has 0 saturated heterocycles. The highest BCUT2D eigenvalue weighted by Gasteiger charge is 2.20. The number of carbonyl (C=O) groups excluding carboxylic acids is 1. The van der Waals surface area contributed by atoms with E-state index < -0.39 is 4.92 Å². The van der Waals surface area contributed by atoms with E-state index in [-0.39, 0.29) is 23.0 Å². The van der Waals surface area contributed by atoms with E-state index in [1.807, 2.05) is 0 Å². The van der Waals surface area contributed by atoms with Gasteiger partial charge in [0.2, 0.25) is 11.6 Å². The van der Waals surface area contributed by atoms with Crippen LogP contribution < -0.4 is 4.74 Å². The second-order valence-corrected chi connectivity index (χ2v) is 5.74. The maximum Gasteiger partial charge on any atom is 0.312 e. The molecule has 0 aliphatic carbocycles. The standard InChI is InChI=1S/C12H6BrN3O4S/c13-7-1-2-10(8(5-7)16(18)19)20-11-9(6-17)15-3-4-21-12(15)14-11/h1-6H. The van der Waals surface area contributed by atoms with Crippen LogP contribution in [-0.2, 0) is 0 Å². The average Bonchev–Trinajstić information content (AvgIpc) is 3.00. The molecule has 3 aromatic rings. The highest BCUT2D eigenvalue weighted by atomic mass is 79.9. The third-order valence-electron chi connectivity index (χ3n) is 2.70. The van der Waals surface area contributed by atoms with Gasteiger partial charge in [-0.2, -0.15) is 4.98 Å². The lowest BCUT2D eigenvalue weighted by molar-refractivity contribution is -0.385. The first kappa shape index (κ1) is 13.7. The maximum absolute atomic E-state index is 11.2. The number of hydrogen-bond acceptors (Lipinski definition) is 6. The molecule has 2 aromatic heterocycles. The molecule has 0 atom stereocenters. The molecule has 2 heterocycles. The Hall–Kier alpha value is -2.26. The van der Waals surface area contributed by atoms with E-state index in [1.54, 1.807) is 22.0 Å². The molecule has 0 aliphatic heterocycles. The molecule has 0 fully saturated rings. The number of ether oxygens (including phenoxy) is 1. The van der Waals surface area contributed by atoms with E-state index in [9.17, 15) is 14.9 Å². The number of carbonyl (C=O) groups is 1. The van der Waals surface area contributed by atoms with Crippen LogP contribution >= 0.6 is 27.3 Å². The van der Waals surface area contributed by atoms with E-state index in [2.05, 4.69) is 20.9 Å². The monoisotopic (exact) mass is 367 g/mol. The second-order valence-electron chi connectivity index (χ2n) is 3.95. The molecule has 0 spiro atoms. The van der Waals surface area contributed by atoms with E-state index in [0.29, 0.717) is 15.7 Å². The summed E-state index contributed by atoms with van der Waals surface area (Å²) >= 11 is 4.50. The van der Waals surface area contributed by atoms with E-state index in [1.165, 1.54) is 23.5 Å². The first-order valence-electron chi connectivity index (χ1n) is 5.62. The van der Waals surface area contributed by atoms with Gasteiger partial charge in [-0.1, -0.05) is 15.9 Å². The Balaban J connectivity index is 2.08. The molecule has 0 aliphatic rings. The van der Waals surface area contributed by atoms with Crippen molar-refractivity contribution in [3.8, 4) is 11.6 Å². The maximum atomic E-state index is 11.2. The summed E-state index contributed by atoms with van der Waals surface area (Å²) in [5.74, 6) is 0.0688. The van der Waals surface area contributed by atoms with Crippen LogP contribution in [0.15, 0.2) is 34.2 Å². The fourth-order valence-electron chi connectivity index (χ4n) is 1.79. The van der Waals surface area contributed by atoms with Gasteiger partial charge in [0, 0.05) is 22.1 Å². The Morgan fingerprint density at radius 2 is 2.29 bits per heavy atom. The molecule has 0 N–H and O–H groups in total. The van der Waals surface area contributed by atoms with Gasteiger partial charge in [-0.15, -0.1) is 11.3 Å². The molecule has 9 heteroatoms. The SMILES string of the molecule is O=Cc1c(Oc2ccc(Br)cc2[N+](=O)[O-])nc2sccn12. The van der Waals surface area contributed by atoms with Crippen molar-refractivity contribution < 1.29 is 14.5 Å². The lowest BCUT2D eigenvalue weighted by Gasteiger charge is -2.04. The first-order valence-corrected chi connectivity index (χ1v) is 7.30. The minimum atomic E-state index is -0.556. The number of nitro benzene ring substituents is 1. The smallest absolute Gasteiger partial charge is 0.312 e. The molecule has 21 heavy (non-hydrogen) atoms. The van der Waals surface area contributed by atoms with Crippen LogP contribution in [0, 0.1) is 10.1 Å². The number of hydrogen-bond donors (Lipinski definition) is 0. The molecule has 0 bridgehead atoms. The number of benzene rings is 1. The number of nitro groups is 1. The number of imidazole rings is 1. The molecule has 106 valence electrons. The van der Waals surface area contributed by atoms with E-state index in [0.717, 1.165) is 0 Å². The van der Waals surface area contributed by atoms with Crippen molar-refractivity contribution >= 4 is 44.2 Å². The largest absolute Gasteiger partial charge is 0.430 e. The average molecular weight is 368 g/mol. The number of rotatable bonds is 4. The molecule has 1 aromatic carbocycles. The van der Waals surface area contributed by atoms with Crippen LogP contribution in [-0.4, -0.2) is 20.6 Å². The van der Waals surface area contributed by atoms with Crippen molar-refractivity contribution in [1.29, 1.82) is 0 Å². The Kier molecular flexibility index (Phi) is 3.43. The zero-order valence-electron chi connectivity index (χ0n) is 10.2. The van der Waals surface area contributed by atoms with Crippen LogP contribution in [0.1, 0.15) is 10.5 Å². The zero-order valence-corrected chi connectivity index (χ0v) is 12.6. The normalized spacial score (nSPS) is 10.7. The lowest BCUT2D eigenvalue weighted by atomic mass is 10.3. The summed E-state index contributed by atoms with van der Waals surface area (Å²) in [6.45, 7) is 0. The minimum absolute atomic E-state index is 0.0250. The second kappa shape index (κ2) is 5.26. The molecule has 3 rings (SSSR count). The van der Waals surface area contributed by atoms with Gasteiger partial charge in [0.15, 0.2) is 16.9 Å². The lowest BCUT2D eigenvalue weighted by Crippen LogP contribution is -1.96. The minimum Gasteiger partial charge on any atom is -0.430 e.